The lowest BCUT2D eigenvalue weighted by atomic mass is 10.2. The molecule has 112 valence electrons. The summed E-state index contributed by atoms with van der Waals surface area (Å²) in [6.07, 6.45) is 1.75. The van der Waals surface area contributed by atoms with Crippen molar-refractivity contribution in [1.82, 2.24) is 4.98 Å². The Kier molecular flexibility index (Phi) is 4.51. The summed E-state index contributed by atoms with van der Waals surface area (Å²) in [5.74, 6) is 1.43. The van der Waals surface area contributed by atoms with Crippen LogP contribution in [0, 0.1) is 0 Å². The van der Waals surface area contributed by atoms with Crippen LogP contribution in [0.4, 0.5) is 0 Å². The zero-order valence-electron chi connectivity index (χ0n) is 12.1. The van der Waals surface area contributed by atoms with Crippen LogP contribution in [0.25, 0.3) is 10.9 Å². The van der Waals surface area contributed by atoms with Crippen LogP contribution < -0.4 is 9.47 Å². The van der Waals surface area contributed by atoms with Crippen molar-refractivity contribution in [1.29, 1.82) is 0 Å². The SMILES string of the molecule is OCc1ccccc1OCCOc1cccc2cccnc12. The number of rotatable bonds is 6. The van der Waals surface area contributed by atoms with Gasteiger partial charge >= 0.3 is 0 Å². The first-order chi connectivity index (χ1) is 10.9. The first-order valence-electron chi connectivity index (χ1n) is 7.16. The smallest absolute Gasteiger partial charge is 0.145 e. The maximum Gasteiger partial charge on any atom is 0.145 e. The lowest BCUT2D eigenvalue weighted by Gasteiger charge is -2.11. The van der Waals surface area contributed by atoms with Crippen LogP contribution in [-0.2, 0) is 6.61 Å². The van der Waals surface area contributed by atoms with Crippen molar-refractivity contribution < 1.29 is 14.6 Å². The molecule has 0 unspecified atom stereocenters. The molecule has 0 atom stereocenters. The Bertz CT molecular complexity index is 753. The van der Waals surface area contributed by atoms with Gasteiger partial charge in [0.25, 0.3) is 0 Å². The van der Waals surface area contributed by atoms with E-state index in [0.717, 1.165) is 22.2 Å². The largest absolute Gasteiger partial charge is 0.490 e. The normalized spacial score (nSPS) is 10.6. The average molecular weight is 295 g/mol. The molecule has 4 nitrogen and oxygen atoms in total. The van der Waals surface area contributed by atoms with Gasteiger partial charge in [-0.1, -0.05) is 36.4 Å². The average Bonchev–Trinajstić information content (AvgIpc) is 2.59. The summed E-state index contributed by atoms with van der Waals surface area (Å²) in [7, 11) is 0. The fraction of sp³-hybridized carbons (Fsp3) is 0.167. The maximum atomic E-state index is 9.25. The molecule has 0 fully saturated rings. The van der Waals surface area contributed by atoms with Gasteiger partial charge in [0, 0.05) is 17.1 Å². The number of benzene rings is 2. The minimum atomic E-state index is -0.0374. The summed E-state index contributed by atoms with van der Waals surface area (Å²) in [6.45, 7) is 0.778. The Morgan fingerprint density at radius 2 is 1.55 bits per heavy atom. The number of hydrogen-bond donors (Lipinski definition) is 1. The Hall–Kier alpha value is -2.59. The van der Waals surface area contributed by atoms with Crippen LogP contribution in [-0.4, -0.2) is 23.3 Å². The molecule has 0 aliphatic heterocycles. The Labute approximate surface area is 129 Å². The highest BCUT2D eigenvalue weighted by Crippen LogP contribution is 2.23. The summed E-state index contributed by atoms with van der Waals surface area (Å²) >= 11 is 0. The maximum absolute atomic E-state index is 9.25. The van der Waals surface area contributed by atoms with E-state index in [2.05, 4.69) is 4.98 Å². The first kappa shape index (κ1) is 14.4. The molecular weight excluding hydrogens is 278 g/mol. The standard InChI is InChI=1S/C18H17NO3/c20-13-15-5-1-2-8-16(15)21-11-12-22-17-9-3-6-14-7-4-10-19-18(14)17/h1-10,20H,11-13H2. The number of aliphatic hydroxyl groups excluding tert-OH is 1. The third kappa shape index (κ3) is 3.18. The fourth-order valence-electron chi connectivity index (χ4n) is 2.27. The van der Waals surface area contributed by atoms with Gasteiger partial charge < -0.3 is 14.6 Å². The van der Waals surface area contributed by atoms with Crippen LogP contribution in [0.3, 0.4) is 0 Å². The lowest BCUT2D eigenvalue weighted by Crippen LogP contribution is -2.10. The number of para-hydroxylation sites is 2. The highest BCUT2D eigenvalue weighted by molar-refractivity contribution is 5.84. The van der Waals surface area contributed by atoms with Gasteiger partial charge in [0.05, 0.1) is 6.61 Å². The minimum absolute atomic E-state index is 0.0374. The molecule has 1 N–H and O–H groups in total. The van der Waals surface area contributed by atoms with Gasteiger partial charge in [-0.05, 0) is 18.2 Å². The summed E-state index contributed by atoms with van der Waals surface area (Å²) in [4.78, 5) is 4.35. The monoisotopic (exact) mass is 295 g/mol. The van der Waals surface area contributed by atoms with Crippen molar-refractivity contribution >= 4 is 10.9 Å². The van der Waals surface area contributed by atoms with Crippen molar-refractivity contribution in [2.24, 2.45) is 0 Å². The van der Waals surface area contributed by atoms with E-state index >= 15 is 0 Å². The predicted molar refractivity (Wildman–Crippen MR) is 85.1 cm³/mol. The highest BCUT2D eigenvalue weighted by Gasteiger charge is 2.04. The summed E-state index contributed by atoms with van der Waals surface area (Å²) < 4.78 is 11.4. The first-order valence-corrected chi connectivity index (χ1v) is 7.16. The van der Waals surface area contributed by atoms with Gasteiger partial charge in [0.2, 0.25) is 0 Å². The molecule has 3 aromatic rings. The Balaban J connectivity index is 1.61. The number of nitrogens with zero attached hydrogens (tertiary/aromatic N) is 1. The summed E-state index contributed by atoms with van der Waals surface area (Å²) in [5.41, 5.74) is 1.62. The van der Waals surface area contributed by atoms with E-state index in [9.17, 15) is 5.11 Å². The third-order valence-electron chi connectivity index (χ3n) is 3.34. The van der Waals surface area contributed by atoms with Crippen LogP contribution in [0.1, 0.15) is 5.56 Å². The quantitative estimate of drug-likeness (QED) is 0.710. The van der Waals surface area contributed by atoms with Gasteiger partial charge in [-0.2, -0.15) is 0 Å². The van der Waals surface area contributed by atoms with Crippen molar-refractivity contribution in [2.45, 2.75) is 6.61 Å². The molecular formula is C18H17NO3. The second kappa shape index (κ2) is 6.91. The number of ether oxygens (including phenoxy) is 2. The Morgan fingerprint density at radius 1 is 0.818 bits per heavy atom. The van der Waals surface area contributed by atoms with Crippen LogP contribution in [0.2, 0.25) is 0 Å². The van der Waals surface area contributed by atoms with E-state index in [4.69, 9.17) is 9.47 Å². The topological polar surface area (TPSA) is 51.6 Å². The lowest BCUT2D eigenvalue weighted by molar-refractivity contribution is 0.211. The highest BCUT2D eigenvalue weighted by atomic mass is 16.5. The van der Waals surface area contributed by atoms with E-state index in [1.807, 2.05) is 54.6 Å². The van der Waals surface area contributed by atoms with E-state index in [-0.39, 0.29) is 6.61 Å². The molecule has 0 radical (unpaired) electrons. The van der Waals surface area contributed by atoms with E-state index < -0.39 is 0 Å². The number of fused-ring (bicyclic) bond motifs is 1. The van der Waals surface area contributed by atoms with Gasteiger partial charge in [-0.25, -0.2) is 0 Å². The molecule has 0 saturated carbocycles. The van der Waals surface area contributed by atoms with E-state index in [1.54, 1.807) is 6.20 Å². The van der Waals surface area contributed by atoms with E-state index in [0.29, 0.717) is 19.0 Å². The molecule has 0 aliphatic carbocycles. The van der Waals surface area contributed by atoms with Gasteiger partial charge in [-0.3, -0.25) is 4.98 Å². The van der Waals surface area contributed by atoms with Crippen molar-refractivity contribution in [3.63, 3.8) is 0 Å². The van der Waals surface area contributed by atoms with Crippen LogP contribution in [0.15, 0.2) is 60.8 Å². The van der Waals surface area contributed by atoms with Crippen molar-refractivity contribution in [3.8, 4) is 11.5 Å². The molecule has 22 heavy (non-hydrogen) atoms. The molecule has 0 saturated heterocycles. The van der Waals surface area contributed by atoms with Crippen molar-refractivity contribution in [2.75, 3.05) is 13.2 Å². The zero-order chi connectivity index (χ0) is 15.2. The fourth-order valence-corrected chi connectivity index (χ4v) is 2.27. The predicted octanol–water partition coefficient (Wildman–Crippen LogP) is 3.18. The van der Waals surface area contributed by atoms with Gasteiger partial charge in [0.1, 0.15) is 30.2 Å². The number of pyridine rings is 1. The number of hydrogen-bond acceptors (Lipinski definition) is 4. The molecule has 3 rings (SSSR count). The van der Waals surface area contributed by atoms with Crippen LogP contribution >= 0.6 is 0 Å². The molecule has 0 aliphatic rings. The molecule has 0 spiro atoms. The van der Waals surface area contributed by atoms with E-state index in [1.165, 1.54) is 0 Å². The number of aliphatic hydroxyl groups is 1. The molecule has 1 aromatic heterocycles. The summed E-state index contributed by atoms with van der Waals surface area (Å²) in [6, 6.07) is 17.2. The summed E-state index contributed by atoms with van der Waals surface area (Å²) in [5, 5.41) is 10.3. The molecule has 0 amide bonds. The second-order valence-corrected chi connectivity index (χ2v) is 4.79. The van der Waals surface area contributed by atoms with Gasteiger partial charge in [0.15, 0.2) is 0 Å². The van der Waals surface area contributed by atoms with Crippen LogP contribution in [0.5, 0.6) is 11.5 Å². The Morgan fingerprint density at radius 3 is 2.41 bits per heavy atom. The molecule has 2 aromatic carbocycles. The number of aromatic nitrogens is 1. The third-order valence-corrected chi connectivity index (χ3v) is 3.34. The second-order valence-electron chi connectivity index (χ2n) is 4.79. The van der Waals surface area contributed by atoms with Crippen molar-refractivity contribution in [3.05, 3.63) is 66.4 Å². The van der Waals surface area contributed by atoms with Gasteiger partial charge in [-0.15, -0.1) is 0 Å². The molecule has 1 heterocycles. The minimum Gasteiger partial charge on any atom is -0.490 e. The molecule has 0 bridgehead atoms. The molecule has 4 heteroatoms. The zero-order valence-corrected chi connectivity index (χ0v) is 12.1.